The fourth-order valence-electron chi connectivity index (χ4n) is 2.51. The topological polar surface area (TPSA) is 67.8 Å². The molecule has 0 heterocycles. The van der Waals surface area contributed by atoms with Gasteiger partial charge in [0.05, 0.1) is 22.4 Å². The molecule has 0 saturated carbocycles. The molecular formula is C22H16Cl2N2O3. The molecule has 3 aromatic carbocycles. The molecule has 3 aromatic rings. The number of carbonyl (C=O) groups excluding carboxylic acids is 2. The van der Waals surface area contributed by atoms with Crippen molar-refractivity contribution in [3.63, 3.8) is 0 Å². The molecule has 5 nitrogen and oxygen atoms in total. The average molecular weight is 427 g/mol. The first-order chi connectivity index (χ1) is 13.9. The van der Waals surface area contributed by atoms with E-state index < -0.39 is 11.9 Å². The number of hydrogen-bond donors (Lipinski definition) is 1. The van der Waals surface area contributed by atoms with Gasteiger partial charge in [-0.15, -0.1) is 0 Å². The number of nitrogens with one attached hydrogen (secondary N) is 1. The van der Waals surface area contributed by atoms with E-state index in [2.05, 4.69) is 10.5 Å². The van der Waals surface area contributed by atoms with Crippen molar-refractivity contribution in [2.45, 2.75) is 6.92 Å². The second-order valence-electron chi connectivity index (χ2n) is 6.12. The van der Waals surface area contributed by atoms with Crippen LogP contribution in [0.1, 0.15) is 31.8 Å². The Labute approximate surface area is 177 Å². The van der Waals surface area contributed by atoms with Crippen LogP contribution in [0.5, 0.6) is 5.75 Å². The van der Waals surface area contributed by atoms with Crippen LogP contribution in [0.2, 0.25) is 10.0 Å². The molecule has 0 spiro atoms. The Kier molecular flexibility index (Phi) is 6.65. The van der Waals surface area contributed by atoms with Crippen molar-refractivity contribution in [3.8, 4) is 5.75 Å². The van der Waals surface area contributed by atoms with E-state index in [0.29, 0.717) is 21.9 Å². The molecule has 0 radical (unpaired) electrons. The molecule has 0 fully saturated rings. The smallest absolute Gasteiger partial charge is 0.343 e. The highest BCUT2D eigenvalue weighted by atomic mass is 35.5. The number of rotatable bonds is 5. The molecular weight excluding hydrogens is 411 g/mol. The minimum Gasteiger partial charge on any atom is -0.422 e. The van der Waals surface area contributed by atoms with Gasteiger partial charge in [-0.1, -0.05) is 53.0 Å². The van der Waals surface area contributed by atoms with Crippen molar-refractivity contribution in [2.24, 2.45) is 5.10 Å². The molecule has 0 aliphatic carbocycles. The van der Waals surface area contributed by atoms with Gasteiger partial charge < -0.3 is 4.74 Å². The highest BCUT2D eigenvalue weighted by Gasteiger charge is 2.12. The van der Waals surface area contributed by atoms with Gasteiger partial charge in [0.15, 0.2) is 0 Å². The van der Waals surface area contributed by atoms with Crippen LogP contribution in [-0.4, -0.2) is 18.1 Å². The fourth-order valence-corrected chi connectivity index (χ4v) is 3.00. The van der Waals surface area contributed by atoms with Gasteiger partial charge in [-0.05, 0) is 49.4 Å². The summed E-state index contributed by atoms with van der Waals surface area (Å²) in [5.41, 5.74) is 4.56. The third-order valence-electron chi connectivity index (χ3n) is 3.92. The molecule has 0 aliphatic rings. The highest BCUT2D eigenvalue weighted by molar-refractivity contribution is 6.36. The molecule has 7 heteroatoms. The summed E-state index contributed by atoms with van der Waals surface area (Å²) in [4.78, 5) is 24.6. The number of benzene rings is 3. The molecule has 0 aliphatic heterocycles. The van der Waals surface area contributed by atoms with Crippen LogP contribution in [0.25, 0.3) is 0 Å². The first-order valence-corrected chi connectivity index (χ1v) is 9.36. The third kappa shape index (κ3) is 5.44. The molecule has 1 amide bonds. The standard InChI is InChI=1S/C22H16Cl2N2O3/c1-14-5-4-7-15(11-14)22(28)29-20-8-3-2-6-16(20)13-25-26-21(27)18-10-9-17(23)12-19(18)24/h2-13H,1H3,(H,26,27). The number of carbonyl (C=O) groups is 2. The highest BCUT2D eigenvalue weighted by Crippen LogP contribution is 2.21. The summed E-state index contributed by atoms with van der Waals surface area (Å²) < 4.78 is 5.48. The van der Waals surface area contributed by atoms with Crippen molar-refractivity contribution in [1.29, 1.82) is 0 Å². The molecule has 0 atom stereocenters. The summed E-state index contributed by atoms with van der Waals surface area (Å²) in [7, 11) is 0. The molecule has 0 bridgehead atoms. The van der Waals surface area contributed by atoms with Crippen LogP contribution in [0.15, 0.2) is 71.8 Å². The minimum absolute atomic E-state index is 0.220. The third-order valence-corrected chi connectivity index (χ3v) is 4.47. The van der Waals surface area contributed by atoms with Crippen molar-refractivity contribution in [3.05, 3.63) is 99.0 Å². The molecule has 29 heavy (non-hydrogen) atoms. The molecule has 0 aromatic heterocycles. The Balaban J connectivity index is 1.71. The SMILES string of the molecule is Cc1cccc(C(=O)Oc2ccccc2C=NNC(=O)c2ccc(Cl)cc2Cl)c1. The maximum Gasteiger partial charge on any atom is 0.343 e. The lowest BCUT2D eigenvalue weighted by atomic mass is 10.1. The number of hydrazone groups is 1. The minimum atomic E-state index is -0.489. The molecule has 146 valence electrons. The van der Waals surface area contributed by atoms with Gasteiger partial charge in [0, 0.05) is 10.6 Å². The number of halogens is 2. The summed E-state index contributed by atoms with van der Waals surface area (Å²) >= 11 is 11.8. The Bertz CT molecular complexity index is 1100. The zero-order valence-electron chi connectivity index (χ0n) is 15.4. The van der Waals surface area contributed by atoms with Crippen molar-refractivity contribution in [2.75, 3.05) is 0 Å². The van der Waals surface area contributed by atoms with Gasteiger partial charge >= 0.3 is 5.97 Å². The Morgan fingerprint density at radius 3 is 2.55 bits per heavy atom. The van der Waals surface area contributed by atoms with E-state index in [-0.39, 0.29) is 10.6 Å². The number of esters is 1. The summed E-state index contributed by atoms with van der Waals surface area (Å²) in [5, 5.41) is 4.58. The van der Waals surface area contributed by atoms with Crippen molar-refractivity contribution in [1.82, 2.24) is 5.43 Å². The predicted octanol–water partition coefficient (Wildman–Crippen LogP) is 5.28. The fraction of sp³-hybridized carbons (Fsp3) is 0.0455. The number of para-hydroxylation sites is 1. The van der Waals surface area contributed by atoms with Gasteiger partial charge in [-0.25, -0.2) is 10.2 Å². The quantitative estimate of drug-likeness (QED) is 0.261. The number of nitrogens with zero attached hydrogens (tertiary/aromatic N) is 1. The van der Waals surface area contributed by atoms with E-state index >= 15 is 0 Å². The number of ether oxygens (including phenoxy) is 1. The Morgan fingerprint density at radius 2 is 1.79 bits per heavy atom. The lowest BCUT2D eigenvalue weighted by Gasteiger charge is -2.08. The average Bonchev–Trinajstić information content (AvgIpc) is 2.69. The molecule has 0 unspecified atom stereocenters. The number of aryl methyl sites for hydroxylation is 1. The van der Waals surface area contributed by atoms with Gasteiger partial charge in [0.1, 0.15) is 5.75 Å². The molecule has 3 rings (SSSR count). The van der Waals surface area contributed by atoms with Crippen LogP contribution in [0.4, 0.5) is 0 Å². The van der Waals surface area contributed by atoms with Crippen LogP contribution in [0.3, 0.4) is 0 Å². The van der Waals surface area contributed by atoms with E-state index in [0.717, 1.165) is 5.56 Å². The van der Waals surface area contributed by atoms with E-state index in [4.69, 9.17) is 27.9 Å². The van der Waals surface area contributed by atoms with E-state index in [1.807, 2.05) is 13.0 Å². The van der Waals surface area contributed by atoms with Gasteiger partial charge in [0.25, 0.3) is 5.91 Å². The Morgan fingerprint density at radius 1 is 1.00 bits per heavy atom. The Hall–Kier alpha value is -3.15. The number of amides is 1. The first kappa shape index (κ1) is 20.6. The van der Waals surface area contributed by atoms with Crippen molar-refractivity contribution < 1.29 is 14.3 Å². The van der Waals surface area contributed by atoms with Crippen molar-refractivity contribution >= 4 is 41.3 Å². The maximum atomic E-state index is 12.4. The molecule has 0 saturated heterocycles. The van der Waals surface area contributed by atoms with Crippen LogP contribution >= 0.6 is 23.2 Å². The van der Waals surface area contributed by atoms with Crippen LogP contribution < -0.4 is 10.2 Å². The normalized spacial score (nSPS) is 10.7. The van der Waals surface area contributed by atoms with E-state index in [1.165, 1.54) is 18.3 Å². The zero-order chi connectivity index (χ0) is 20.8. The predicted molar refractivity (Wildman–Crippen MR) is 114 cm³/mol. The first-order valence-electron chi connectivity index (χ1n) is 8.60. The molecule has 1 N–H and O–H groups in total. The monoisotopic (exact) mass is 426 g/mol. The van der Waals surface area contributed by atoms with E-state index in [1.54, 1.807) is 48.5 Å². The van der Waals surface area contributed by atoms with Crippen LogP contribution in [-0.2, 0) is 0 Å². The second kappa shape index (κ2) is 9.37. The number of hydrogen-bond acceptors (Lipinski definition) is 4. The van der Waals surface area contributed by atoms with E-state index in [9.17, 15) is 9.59 Å². The van der Waals surface area contributed by atoms with Gasteiger partial charge in [-0.3, -0.25) is 4.79 Å². The largest absolute Gasteiger partial charge is 0.422 e. The summed E-state index contributed by atoms with van der Waals surface area (Å²) in [6, 6.07) is 18.5. The van der Waals surface area contributed by atoms with Crippen LogP contribution in [0, 0.1) is 6.92 Å². The zero-order valence-corrected chi connectivity index (χ0v) is 16.9. The lowest BCUT2D eigenvalue weighted by Crippen LogP contribution is -2.18. The summed E-state index contributed by atoms with van der Waals surface area (Å²) in [6.07, 6.45) is 1.39. The van der Waals surface area contributed by atoms with Gasteiger partial charge in [0.2, 0.25) is 0 Å². The lowest BCUT2D eigenvalue weighted by molar-refractivity contribution is 0.0734. The second-order valence-corrected chi connectivity index (χ2v) is 6.96. The van der Waals surface area contributed by atoms with Gasteiger partial charge in [-0.2, -0.15) is 5.10 Å². The maximum absolute atomic E-state index is 12.4. The summed E-state index contributed by atoms with van der Waals surface area (Å²) in [5.74, 6) is -0.648. The summed E-state index contributed by atoms with van der Waals surface area (Å²) in [6.45, 7) is 1.90.